The number of anilines is 2. The van der Waals surface area contributed by atoms with E-state index in [1.54, 1.807) is 9.80 Å². The van der Waals surface area contributed by atoms with Gasteiger partial charge in [-0.25, -0.2) is 4.98 Å². The van der Waals surface area contributed by atoms with Crippen LogP contribution in [0.4, 0.5) is 11.6 Å². The summed E-state index contributed by atoms with van der Waals surface area (Å²) in [5, 5.41) is 0. The fraction of sp³-hybridized carbons (Fsp3) is 0.348. The molecule has 1 atom stereocenters. The third-order valence-corrected chi connectivity index (χ3v) is 6.56. The summed E-state index contributed by atoms with van der Waals surface area (Å²) in [7, 11) is 0. The molecule has 6 nitrogen and oxygen atoms in total. The Balaban J connectivity index is 1.26. The van der Waals surface area contributed by atoms with Gasteiger partial charge in [-0.15, -0.1) is 0 Å². The normalized spacial score (nSPS) is 20.6. The van der Waals surface area contributed by atoms with Crippen molar-refractivity contribution in [3.63, 3.8) is 0 Å². The number of carbonyl (C=O) groups is 2. The molecule has 29 heavy (non-hydrogen) atoms. The van der Waals surface area contributed by atoms with Gasteiger partial charge in [-0.1, -0.05) is 18.2 Å². The molecule has 1 aromatic heterocycles. The van der Waals surface area contributed by atoms with E-state index in [0.29, 0.717) is 19.0 Å². The quantitative estimate of drug-likeness (QED) is 0.680. The number of hydrogen-bond acceptors (Lipinski definition) is 3. The molecular formula is C23H22N4O2. The SMILES string of the molecule is O=C1C[C@H](C(=O)N2CCn3c2nc2ccccc23)CN1c1ccc2c(c1)CCC2. The fourth-order valence-corrected chi connectivity index (χ4v) is 5.07. The number of aryl methyl sites for hydroxylation is 2. The predicted octanol–water partition coefficient (Wildman–Crippen LogP) is 2.92. The topological polar surface area (TPSA) is 58.4 Å². The fourth-order valence-electron chi connectivity index (χ4n) is 5.07. The Morgan fingerprint density at radius 1 is 1.03 bits per heavy atom. The minimum atomic E-state index is -0.317. The molecule has 2 amide bonds. The second-order valence-corrected chi connectivity index (χ2v) is 8.25. The summed E-state index contributed by atoms with van der Waals surface area (Å²) >= 11 is 0. The van der Waals surface area contributed by atoms with Crippen molar-refractivity contribution in [1.82, 2.24) is 9.55 Å². The molecule has 3 heterocycles. The standard InChI is InChI=1S/C23H22N4O2/c28-21-13-17(14-27(21)18-9-8-15-4-3-5-16(15)12-18)22(29)26-11-10-25-20-7-2-1-6-19(20)24-23(25)26/h1-2,6-9,12,17H,3-5,10-11,13-14H2/t17-/m0/s1. The highest BCUT2D eigenvalue weighted by Crippen LogP contribution is 2.33. The zero-order valence-corrected chi connectivity index (χ0v) is 16.2. The van der Waals surface area contributed by atoms with Crippen LogP contribution in [0.2, 0.25) is 0 Å². The molecule has 3 aromatic rings. The number of aromatic nitrogens is 2. The highest BCUT2D eigenvalue weighted by molar-refractivity contribution is 6.04. The largest absolute Gasteiger partial charge is 0.312 e. The summed E-state index contributed by atoms with van der Waals surface area (Å²) < 4.78 is 2.10. The number of hydrogen-bond donors (Lipinski definition) is 0. The van der Waals surface area contributed by atoms with Gasteiger partial charge >= 0.3 is 0 Å². The lowest BCUT2D eigenvalue weighted by molar-refractivity contribution is -0.124. The molecule has 1 saturated heterocycles. The predicted molar refractivity (Wildman–Crippen MR) is 111 cm³/mol. The molecule has 2 aliphatic heterocycles. The van der Waals surface area contributed by atoms with E-state index in [-0.39, 0.29) is 24.2 Å². The van der Waals surface area contributed by atoms with Crippen molar-refractivity contribution < 1.29 is 9.59 Å². The first-order valence-electron chi connectivity index (χ1n) is 10.4. The molecule has 146 valence electrons. The average Bonchev–Trinajstić information content (AvgIpc) is 3.49. The van der Waals surface area contributed by atoms with E-state index in [9.17, 15) is 9.59 Å². The lowest BCUT2D eigenvalue weighted by Crippen LogP contribution is -2.36. The van der Waals surface area contributed by atoms with Gasteiger partial charge in [0, 0.05) is 31.7 Å². The van der Waals surface area contributed by atoms with Gasteiger partial charge in [0.2, 0.25) is 17.8 Å². The summed E-state index contributed by atoms with van der Waals surface area (Å²) in [5.74, 6) is 0.437. The minimum Gasteiger partial charge on any atom is -0.312 e. The number of benzene rings is 2. The second-order valence-electron chi connectivity index (χ2n) is 8.25. The van der Waals surface area contributed by atoms with Gasteiger partial charge in [-0.05, 0) is 54.7 Å². The van der Waals surface area contributed by atoms with Gasteiger partial charge in [0.1, 0.15) is 0 Å². The molecule has 1 aliphatic carbocycles. The Morgan fingerprint density at radius 3 is 2.83 bits per heavy atom. The van der Waals surface area contributed by atoms with Crippen LogP contribution in [0.15, 0.2) is 42.5 Å². The van der Waals surface area contributed by atoms with Crippen LogP contribution in [-0.2, 0) is 29.0 Å². The van der Waals surface area contributed by atoms with E-state index in [4.69, 9.17) is 0 Å². The van der Waals surface area contributed by atoms with E-state index in [1.165, 1.54) is 17.5 Å². The van der Waals surface area contributed by atoms with Crippen molar-refractivity contribution in [1.29, 1.82) is 0 Å². The van der Waals surface area contributed by atoms with Crippen LogP contribution in [0.5, 0.6) is 0 Å². The van der Waals surface area contributed by atoms with E-state index in [0.717, 1.165) is 36.1 Å². The smallest absolute Gasteiger partial charge is 0.234 e. The van der Waals surface area contributed by atoms with Crippen molar-refractivity contribution in [3.8, 4) is 0 Å². The van der Waals surface area contributed by atoms with Crippen LogP contribution in [0, 0.1) is 5.92 Å². The second kappa shape index (κ2) is 6.17. The summed E-state index contributed by atoms with van der Waals surface area (Å²) in [5.41, 5.74) is 5.63. The highest BCUT2D eigenvalue weighted by Gasteiger charge is 2.40. The zero-order chi connectivity index (χ0) is 19.5. The van der Waals surface area contributed by atoms with Gasteiger partial charge in [-0.3, -0.25) is 14.5 Å². The Bertz CT molecular complexity index is 1160. The maximum absolute atomic E-state index is 13.3. The zero-order valence-electron chi connectivity index (χ0n) is 16.2. The van der Waals surface area contributed by atoms with Crippen molar-refractivity contribution in [3.05, 3.63) is 53.6 Å². The number of carbonyl (C=O) groups excluding carboxylic acids is 2. The molecule has 3 aliphatic rings. The number of fused-ring (bicyclic) bond motifs is 4. The summed E-state index contributed by atoms with van der Waals surface area (Å²) in [6, 6.07) is 14.3. The first kappa shape index (κ1) is 16.8. The molecule has 0 bridgehead atoms. The van der Waals surface area contributed by atoms with Crippen LogP contribution < -0.4 is 9.80 Å². The first-order valence-corrected chi connectivity index (χ1v) is 10.4. The molecule has 6 heteroatoms. The Morgan fingerprint density at radius 2 is 1.90 bits per heavy atom. The molecule has 6 rings (SSSR count). The molecule has 0 saturated carbocycles. The van der Waals surface area contributed by atoms with Gasteiger partial charge in [0.15, 0.2) is 0 Å². The van der Waals surface area contributed by atoms with Crippen LogP contribution in [0.25, 0.3) is 11.0 Å². The number of amides is 2. The maximum Gasteiger partial charge on any atom is 0.234 e. The monoisotopic (exact) mass is 386 g/mol. The van der Waals surface area contributed by atoms with Crippen molar-refractivity contribution in [2.45, 2.75) is 32.2 Å². The summed E-state index contributed by atoms with van der Waals surface area (Å²) in [6.07, 6.45) is 3.66. The average molecular weight is 386 g/mol. The lowest BCUT2D eigenvalue weighted by Gasteiger charge is -2.20. The number of nitrogens with zero attached hydrogens (tertiary/aromatic N) is 4. The number of imidazole rings is 1. The van der Waals surface area contributed by atoms with Gasteiger partial charge < -0.3 is 9.47 Å². The highest BCUT2D eigenvalue weighted by atomic mass is 16.2. The van der Waals surface area contributed by atoms with E-state index >= 15 is 0 Å². The maximum atomic E-state index is 13.3. The van der Waals surface area contributed by atoms with Gasteiger partial charge in [0.05, 0.1) is 17.0 Å². The van der Waals surface area contributed by atoms with Gasteiger partial charge in [0.25, 0.3) is 0 Å². The minimum absolute atomic E-state index is 0.0102. The van der Waals surface area contributed by atoms with Gasteiger partial charge in [-0.2, -0.15) is 0 Å². The Labute approximate surface area is 168 Å². The molecule has 1 fully saturated rings. The van der Waals surface area contributed by atoms with Crippen molar-refractivity contribution in [2.24, 2.45) is 5.92 Å². The first-order chi connectivity index (χ1) is 14.2. The van der Waals surface area contributed by atoms with E-state index in [1.807, 2.05) is 30.3 Å². The van der Waals surface area contributed by atoms with E-state index < -0.39 is 0 Å². The molecular weight excluding hydrogens is 364 g/mol. The van der Waals surface area contributed by atoms with Crippen LogP contribution in [0.1, 0.15) is 24.0 Å². The molecule has 0 N–H and O–H groups in total. The number of para-hydroxylation sites is 2. The molecule has 2 aromatic carbocycles. The van der Waals surface area contributed by atoms with Crippen molar-refractivity contribution >= 4 is 34.5 Å². The molecule has 0 unspecified atom stereocenters. The summed E-state index contributed by atoms with van der Waals surface area (Å²) in [4.78, 5) is 34.2. The molecule has 0 spiro atoms. The van der Waals surface area contributed by atoms with Crippen LogP contribution in [0.3, 0.4) is 0 Å². The lowest BCUT2D eigenvalue weighted by atomic mass is 10.1. The Kier molecular flexibility index (Phi) is 3.57. The third-order valence-electron chi connectivity index (χ3n) is 6.56. The third kappa shape index (κ3) is 2.51. The molecule has 0 radical (unpaired) electrons. The van der Waals surface area contributed by atoms with Crippen LogP contribution in [-0.4, -0.2) is 34.5 Å². The van der Waals surface area contributed by atoms with E-state index in [2.05, 4.69) is 21.7 Å². The van der Waals surface area contributed by atoms with Crippen LogP contribution >= 0.6 is 0 Å². The number of rotatable bonds is 2. The Hall–Kier alpha value is -3.15. The van der Waals surface area contributed by atoms with Crippen molar-refractivity contribution in [2.75, 3.05) is 22.9 Å². The summed E-state index contributed by atoms with van der Waals surface area (Å²) in [6.45, 7) is 1.82.